The summed E-state index contributed by atoms with van der Waals surface area (Å²) in [6.07, 6.45) is 6.10. The Morgan fingerprint density at radius 1 is 1.45 bits per heavy atom. The predicted molar refractivity (Wildman–Crippen MR) is 48.0 cm³/mol. The van der Waals surface area contributed by atoms with Gasteiger partial charge in [-0.3, -0.25) is 0 Å². The molecule has 0 aromatic carbocycles. The molecule has 0 aliphatic heterocycles. The molecule has 0 fully saturated rings. The van der Waals surface area contributed by atoms with Crippen LogP contribution in [-0.2, 0) is 0 Å². The summed E-state index contributed by atoms with van der Waals surface area (Å²) in [5.41, 5.74) is 2.07. The van der Waals surface area contributed by atoms with Crippen LogP contribution in [0.15, 0.2) is 23.3 Å². The van der Waals surface area contributed by atoms with Gasteiger partial charge in [-0.15, -0.1) is 0 Å². The van der Waals surface area contributed by atoms with Gasteiger partial charge in [0, 0.05) is 0 Å². The molecule has 1 nitrogen and oxygen atoms in total. The van der Waals surface area contributed by atoms with Gasteiger partial charge in [-0.2, -0.15) is 5.26 Å². The van der Waals surface area contributed by atoms with Crippen LogP contribution in [0.1, 0.15) is 33.6 Å². The topological polar surface area (TPSA) is 23.8 Å². The lowest BCUT2D eigenvalue weighted by molar-refractivity contribution is 0.950. The van der Waals surface area contributed by atoms with E-state index in [4.69, 9.17) is 5.26 Å². The monoisotopic (exact) mass is 149 g/mol. The summed E-state index contributed by atoms with van der Waals surface area (Å²) in [6.45, 7) is 6.02. The molecule has 0 amide bonds. The van der Waals surface area contributed by atoms with Crippen molar-refractivity contribution in [2.45, 2.75) is 33.6 Å². The van der Waals surface area contributed by atoms with Gasteiger partial charge in [0.15, 0.2) is 0 Å². The molecule has 0 aromatic rings. The summed E-state index contributed by atoms with van der Waals surface area (Å²) in [5, 5.41) is 8.50. The minimum atomic E-state index is 0.848. The number of nitriles is 1. The molecular formula is C10H15N. The maximum atomic E-state index is 8.50. The van der Waals surface area contributed by atoms with Crippen molar-refractivity contribution in [3.63, 3.8) is 0 Å². The average Bonchev–Trinajstić information content (AvgIpc) is 2.09. The minimum Gasteiger partial charge on any atom is -0.192 e. The Balaban J connectivity index is 0.000000461. The van der Waals surface area contributed by atoms with Gasteiger partial charge in [-0.1, -0.05) is 25.5 Å². The molecule has 0 heterocycles. The Kier molecular flexibility index (Phi) is 5.20. The summed E-state index contributed by atoms with van der Waals surface area (Å²) < 4.78 is 0. The maximum absolute atomic E-state index is 8.50. The molecule has 1 aliphatic rings. The molecule has 0 unspecified atom stereocenters. The van der Waals surface area contributed by atoms with Crippen LogP contribution in [0.4, 0.5) is 0 Å². The summed E-state index contributed by atoms with van der Waals surface area (Å²) in [7, 11) is 0. The molecule has 0 radical (unpaired) electrons. The number of hydrogen-bond acceptors (Lipinski definition) is 1. The van der Waals surface area contributed by atoms with E-state index in [9.17, 15) is 0 Å². The van der Waals surface area contributed by atoms with Crippen molar-refractivity contribution >= 4 is 0 Å². The molecule has 0 saturated heterocycles. The zero-order valence-electron chi connectivity index (χ0n) is 7.52. The van der Waals surface area contributed by atoms with E-state index in [0.29, 0.717) is 0 Å². The van der Waals surface area contributed by atoms with Gasteiger partial charge < -0.3 is 0 Å². The highest BCUT2D eigenvalue weighted by Gasteiger charge is 2.00. The van der Waals surface area contributed by atoms with Crippen LogP contribution >= 0.6 is 0 Å². The quantitative estimate of drug-likeness (QED) is 0.519. The van der Waals surface area contributed by atoms with E-state index in [1.54, 1.807) is 0 Å². The van der Waals surface area contributed by atoms with Crippen LogP contribution in [0.2, 0.25) is 0 Å². The Hall–Kier alpha value is -1.03. The molecule has 0 bridgehead atoms. The number of rotatable bonds is 0. The molecule has 1 aliphatic carbocycles. The first-order chi connectivity index (χ1) is 5.34. The van der Waals surface area contributed by atoms with E-state index in [-0.39, 0.29) is 0 Å². The van der Waals surface area contributed by atoms with E-state index in [0.717, 1.165) is 18.4 Å². The third kappa shape index (κ3) is 3.04. The molecular weight excluding hydrogens is 134 g/mol. The van der Waals surface area contributed by atoms with Gasteiger partial charge in [-0.25, -0.2) is 0 Å². The van der Waals surface area contributed by atoms with Gasteiger partial charge in [0.2, 0.25) is 0 Å². The van der Waals surface area contributed by atoms with Crippen LogP contribution in [0.25, 0.3) is 0 Å². The molecule has 11 heavy (non-hydrogen) atoms. The van der Waals surface area contributed by atoms with Crippen LogP contribution in [0.5, 0.6) is 0 Å². The number of nitrogens with zero attached hydrogens (tertiary/aromatic N) is 1. The van der Waals surface area contributed by atoms with E-state index in [1.165, 1.54) is 5.57 Å². The van der Waals surface area contributed by atoms with Gasteiger partial charge in [0.1, 0.15) is 0 Å². The largest absolute Gasteiger partial charge is 0.192 e. The van der Waals surface area contributed by atoms with E-state index in [2.05, 4.69) is 6.07 Å². The number of hydrogen-bond donors (Lipinski definition) is 0. The second kappa shape index (κ2) is 5.73. The molecule has 0 atom stereocenters. The van der Waals surface area contributed by atoms with E-state index < -0.39 is 0 Å². The second-order valence-corrected chi connectivity index (χ2v) is 2.25. The van der Waals surface area contributed by atoms with Crippen LogP contribution in [0, 0.1) is 11.3 Å². The highest BCUT2D eigenvalue weighted by molar-refractivity contribution is 5.39. The first kappa shape index (κ1) is 9.97. The van der Waals surface area contributed by atoms with Gasteiger partial charge in [-0.05, 0) is 25.8 Å². The van der Waals surface area contributed by atoms with Crippen molar-refractivity contribution in [3.8, 4) is 6.07 Å². The van der Waals surface area contributed by atoms with Gasteiger partial charge >= 0.3 is 0 Å². The van der Waals surface area contributed by atoms with Crippen molar-refractivity contribution in [3.05, 3.63) is 23.3 Å². The standard InChI is InChI=1S/C8H9N.C2H6/c1-7-4-2-3-5-8(7)6-9;1-2/h3,5H,2,4H2,1H3;1-2H3. The lowest BCUT2D eigenvalue weighted by atomic mass is 10.0. The van der Waals surface area contributed by atoms with E-state index in [1.807, 2.05) is 32.9 Å². The van der Waals surface area contributed by atoms with Crippen molar-refractivity contribution in [1.82, 2.24) is 0 Å². The zero-order chi connectivity index (χ0) is 8.69. The molecule has 0 spiro atoms. The van der Waals surface area contributed by atoms with Gasteiger partial charge in [0.25, 0.3) is 0 Å². The fourth-order valence-electron chi connectivity index (χ4n) is 0.911. The lowest BCUT2D eigenvalue weighted by Gasteiger charge is -2.03. The fourth-order valence-corrected chi connectivity index (χ4v) is 0.911. The first-order valence-corrected chi connectivity index (χ1v) is 4.11. The minimum absolute atomic E-state index is 0.848. The lowest BCUT2D eigenvalue weighted by Crippen LogP contribution is -1.87. The highest BCUT2D eigenvalue weighted by Crippen LogP contribution is 2.16. The van der Waals surface area contributed by atoms with Crippen molar-refractivity contribution < 1.29 is 0 Å². The Bertz CT molecular complexity index is 203. The van der Waals surface area contributed by atoms with Gasteiger partial charge in [0.05, 0.1) is 11.6 Å². The van der Waals surface area contributed by atoms with Crippen molar-refractivity contribution in [1.29, 1.82) is 5.26 Å². The Morgan fingerprint density at radius 2 is 2.09 bits per heavy atom. The van der Waals surface area contributed by atoms with Crippen LogP contribution < -0.4 is 0 Å². The van der Waals surface area contributed by atoms with Crippen LogP contribution in [-0.4, -0.2) is 0 Å². The van der Waals surface area contributed by atoms with Crippen molar-refractivity contribution in [2.75, 3.05) is 0 Å². The van der Waals surface area contributed by atoms with E-state index >= 15 is 0 Å². The Labute approximate surface area is 69.0 Å². The second-order valence-electron chi connectivity index (χ2n) is 2.25. The third-order valence-electron chi connectivity index (χ3n) is 1.55. The summed E-state index contributed by atoms with van der Waals surface area (Å²) in [4.78, 5) is 0. The normalized spacial score (nSPS) is 15.1. The molecule has 1 heteroatoms. The maximum Gasteiger partial charge on any atom is 0.0990 e. The predicted octanol–water partition coefficient (Wildman–Crippen LogP) is 3.20. The highest BCUT2D eigenvalue weighted by atomic mass is 14.2. The Morgan fingerprint density at radius 3 is 2.45 bits per heavy atom. The molecule has 0 N–H and O–H groups in total. The number of allylic oxidation sites excluding steroid dienone is 4. The third-order valence-corrected chi connectivity index (χ3v) is 1.55. The SMILES string of the molecule is CC.CC1=C(C#N)C=CCC1. The summed E-state index contributed by atoms with van der Waals surface area (Å²) in [5.74, 6) is 0. The summed E-state index contributed by atoms with van der Waals surface area (Å²) >= 11 is 0. The average molecular weight is 149 g/mol. The summed E-state index contributed by atoms with van der Waals surface area (Å²) in [6, 6.07) is 2.15. The molecule has 0 saturated carbocycles. The van der Waals surface area contributed by atoms with Crippen LogP contribution in [0.3, 0.4) is 0 Å². The zero-order valence-corrected chi connectivity index (χ0v) is 7.52. The fraction of sp³-hybridized carbons (Fsp3) is 0.500. The molecule has 0 aromatic heterocycles. The van der Waals surface area contributed by atoms with Crippen molar-refractivity contribution in [2.24, 2.45) is 0 Å². The smallest absolute Gasteiger partial charge is 0.0990 e. The molecule has 60 valence electrons. The first-order valence-electron chi connectivity index (χ1n) is 4.11. The molecule has 1 rings (SSSR count).